The molecule has 1 aliphatic rings. The number of allylic oxidation sites excluding steroid dienone is 1. The van der Waals surface area contributed by atoms with Crippen LogP contribution in [0.4, 0.5) is 5.69 Å². The first kappa shape index (κ1) is 34.2. The number of ether oxygens (including phenoxy) is 3. The Hall–Kier alpha value is -4.64. The van der Waals surface area contributed by atoms with Crippen molar-refractivity contribution in [3.63, 3.8) is 0 Å². The monoisotopic (exact) mass is 757 g/mol. The van der Waals surface area contributed by atoms with Crippen LogP contribution in [0, 0.1) is 13.8 Å². The van der Waals surface area contributed by atoms with Crippen LogP contribution in [-0.2, 0) is 11.4 Å². The van der Waals surface area contributed by atoms with Crippen molar-refractivity contribution in [2.24, 2.45) is 4.99 Å². The lowest BCUT2D eigenvalue weighted by molar-refractivity contribution is -0.113. The van der Waals surface area contributed by atoms with Gasteiger partial charge < -0.3 is 19.5 Å². The number of hydrogen-bond donors (Lipinski definition) is 1. The highest BCUT2D eigenvalue weighted by atomic mass is 79.9. The Bertz CT molecular complexity index is 2280. The van der Waals surface area contributed by atoms with E-state index in [9.17, 15) is 9.59 Å². The molecule has 250 valence electrons. The Morgan fingerprint density at radius 1 is 1.00 bits per heavy atom. The van der Waals surface area contributed by atoms with Gasteiger partial charge >= 0.3 is 0 Å². The Kier molecular flexibility index (Phi) is 10.1. The lowest BCUT2D eigenvalue weighted by Gasteiger charge is -2.25. The van der Waals surface area contributed by atoms with Gasteiger partial charge in [-0.3, -0.25) is 14.2 Å². The zero-order chi connectivity index (χ0) is 34.8. The molecule has 8 nitrogen and oxygen atoms in total. The molecule has 0 fully saturated rings. The minimum atomic E-state index is -0.734. The number of rotatable bonds is 9. The van der Waals surface area contributed by atoms with E-state index in [1.807, 2.05) is 80.6 Å². The largest absolute Gasteiger partial charge is 0.497 e. The maximum atomic E-state index is 14.3. The molecule has 4 aromatic carbocycles. The third-order valence-corrected chi connectivity index (χ3v) is 9.97. The summed E-state index contributed by atoms with van der Waals surface area (Å²) in [5, 5.41) is 3.40. The number of hydrogen-bond acceptors (Lipinski definition) is 7. The van der Waals surface area contributed by atoms with Crippen molar-refractivity contribution in [3.05, 3.63) is 147 Å². The van der Waals surface area contributed by atoms with Crippen LogP contribution in [0.25, 0.3) is 6.08 Å². The summed E-state index contributed by atoms with van der Waals surface area (Å²) in [6.45, 7) is 6.04. The van der Waals surface area contributed by atoms with E-state index in [4.69, 9.17) is 30.8 Å². The second-order valence-electron chi connectivity index (χ2n) is 11.6. The molecule has 6 rings (SSSR count). The van der Waals surface area contributed by atoms with Gasteiger partial charge in [-0.05, 0) is 91.6 Å². The average Bonchev–Trinajstić information content (AvgIpc) is 3.38. The van der Waals surface area contributed by atoms with E-state index >= 15 is 0 Å². The van der Waals surface area contributed by atoms with Gasteiger partial charge in [0.2, 0.25) is 0 Å². The van der Waals surface area contributed by atoms with Gasteiger partial charge in [0.25, 0.3) is 11.5 Å². The van der Waals surface area contributed by atoms with Crippen LogP contribution in [0.1, 0.15) is 40.8 Å². The van der Waals surface area contributed by atoms with Gasteiger partial charge in [0.15, 0.2) is 16.3 Å². The van der Waals surface area contributed by atoms with Crippen LogP contribution in [0.15, 0.2) is 104 Å². The van der Waals surface area contributed by atoms with Gasteiger partial charge in [0.1, 0.15) is 12.4 Å². The summed E-state index contributed by atoms with van der Waals surface area (Å²) in [6, 6.07) is 23.8. The van der Waals surface area contributed by atoms with Gasteiger partial charge in [0.05, 0.1) is 41.1 Å². The fraction of sp³-hybridized carbons (Fsp3) is 0.184. The smallest absolute Gasteiger partial charge is 0.271 e. The summed E-state index contributed by atoms with van der Waals surface area (Å²) in [5.74, 6) is 1.16. The molecule has 1 aliphatic heterocycles. The molecule has 49 heavy (non-hydrogen) atoms. The van der Waals surface area contributed by atoms with Crippen LogP contribution in [-0.4, -0.2) is 24.7 Å². The van der Waals surface area contributed by atoms with Crippen molar-refractivity contribution in [1.29, 1.82) is 0 Å². The van der Waals surface area contributed by atoms with E-state index in [0.717, 1.165) is 26.7 Å². The minimum Gasteiger partial charge on any atom is -0.497 e. The number of thiazole rings is 1. The minimum absolute atomic E-state index is 0.292. The summed E-state index contributed by atoms with van der Waals surface area (Å²) in [4.78, 5) is 33.5. The molecule has 0 aliphatic carbocycles. The molecule has 0 bridgehead atoms. The van der Waals surface area contributed by atoms with E-state index in [0.29, 0.717) is 60.7 Å². The molecule has 5 aromatic rings. The SMILES string of the molecule is COc1ccc([C@@H]2C(C(=O)Nc3ccc(C)cc3C)=C(C)N=c3s/c(=C/c4cc(Cl)c(OCc5ccc(Br)cc5)c(OC)c4)c(=O)n32)cc1. The Labute approximate surface area is 301 Å². The quantitative estimate of drug-likeness (QED) is 0.168. The van der Waals surface area contributed by atoms with E-state index in [2.05, 4.69) is 21.2 Å². The summed E-state index contributed by atoms with van der Waals surface area (Å²) in [7, 11) is 3.13. The number of carbonyl (C=O) groups excluding carboxylic acids is 1. The third-order valence-electron chi connectivity index (χ3n) is 8.17. The summed E-state index contributed by atoms with van der Waals surface area (Å²) >= 11 is 11.4. The predicted molar refractivity (Wildman–Crippen MR) is 198 cm³/mol. The molecule has 1 amide bonds. The number of nitrogens with one attached hydrogen (secondary N) is 1. The number of carbonyl (C=O) groups is 1. The molecule has 11 heteroatoms. The van der Waals surface area contributed by atoms with Gasteiger partial charge in [0, 0.05) is 10.2 Å². The first-order chi connectivity index (χ1) is 23.6. The molecule has 1 aromatic heterocycles. The number of nitrogens with zero attached hydrogens (tertiary/aromatic N) is 2. The van der Waals surface area contributed by atoms with Crippen LogP contribution < -0.4 is 34.4 Å². The van der Waals surface area contributed by atoms with Crippen LogP contribution in [0.3, 0.4) is 0 Å². The average molecular weight is 759 g/mol. The van der Waals surface area contributed by atoms with Crippen molar-refractivity contribution in [3.8, 4) is 17.2 Å². The van der Waals surface area contributed by atoms with Gasteiger partial charge in [-0.1, -0.05) is 80.8 Å². The number of fused-ring (bicyclic) bond motifs is 1. The third kappa shape index (κ3) is 7.22. The number of methoxy groups -OCH3 is 2. The summed E-state index contributed by atoms with van der Waals surface area (Å²) in [5.41, 5.74) is 5.68. The van der Waals surface area contributed by atoms with E-state index in [-0.39, 0.29) is 11.5 Å². The second kappa shape index (κ2) is 14.5. The van der Waals surface area contributed by atoms with Gasteiger partial charge in [-0.25, -0.2) is 4.99 Å². The van der Waals surface area contributed by atoms with Gasteiger partial charge in [-0.2, -0.15) is 0 Å². The number of benzene rings is 4. The molecular formula is C38H33BrClN3O5S. The lowest BCUT2D eigenvalue weighted by atomic mass is 9.95. The molecule has 0 saturated carbocycles. The van der Waals surface area contributed by atoms with Crippen molar-refractivity contribution in [2.75, 3.05) is 19.5 Å². The summed E-state index contributed by atoms with van der Waals surface area (Å²) < 4.78 is 20.0. The maximum Gasteiger partial charge on any atom is 0.271 e. The first-order valence-electron chi connectivity index (χ1n) is 15.4. The molecule has 0 spiro atoms. The zero-order valence-corrected chi connectivity index (χ0v) is 30.6. The highest BCUT2D eigenvalue weighted by Gasteiger charge is 2.33. The highest BCUT2D eigenvalue weighted by molar-refractivity contribution is 9.10. The number of aryl methyl sites for hydroxylation is 2. The zero-order valence-electron chi connectivity index (χ0n) is 27.5. The number of halogens is 2. The van der Waals surface area contributed by atoms with Crippen molar-refractivity contribution >= 4 is 56.5 Å². The maximum absolute atomic E-state index is 14.3. The summed E-state index contributed by atoms with van der Waals surface area (Å²) in [6.07, 6.45) is 1.75. The van der Waals surface area contributed by atoms with Crippen molar-refractivity contribution in [1.82, 2.24) is 4.57 Å². The van der Waals surface area contributed by atoms with E-state index in [1.165, 1.54) is 18.4 Å². The normalized spacial score (nSPS) is 14.3. The number of aromatic nitrogens is 1. The fourth-order valence-electron chi connectivity index (χ4n) is 5.71. The molecule has 0 radical (unpaired) electrons. The molecule has 0 saturated heterocycles. The molecule has 2 heterocycles. The molecule has 1 N–H and O–H groups in total. The van der Waals surface area contributed by atoms with Crippen molar-refractivity contribution in [2.45, 2.75) is 33.4 Å². The fourth-order valence-corrected chi connectivity index (χ4v) is 7.29. The molecule has 0 unspecified atom stereocenters. The standard InChI is InChI=1S/C38H33BrClN3O5S/c1-21-6-15-30(22(2)16-21)42-36(44)33-23(3)41-38-43(34(33)26-9-13-28(46-4)14-10-26)37(45)32(49-38)19-25-17-29(40)35(31(18-25)47-5)48-20-24-7-11-27(39)12-8-24/h6-19,34H,20H2,1-5H3,(H,42,44)/b32-19+/t34-/m1/s1. The molecular weight excluding hydrogens is 726 g/mol. The van der Waals surface area contributed by atoms with Gasteiger partial charge in [-0.15, -0.1) is 0 Å². The topological polar surface area (TPSA) is 91.2 Å². The predicted octanol–water partition coefficient (Wildman–Crippen LogP) is 7.50. The van der Waals surface area contributed by atoms with Crippen molar-refractivity contribution < 1.29 is 19.0 Å². The number of amides is 1. The van der Waals surface area contributed by atoms with E-state index < -0.39 is 6.04 Å². The second-order valence-corrected chi connectivity index (χ2v) is 13.9. The first-order valence-corrected chi connectivity index (χ1v) is 17.3. The van der Waals surface area contributed by atoms with Crippen LogP contribution in [0.5, 0.6) is 17.2 Å². The Morgan fingerprint density at radius 2 is 1.73 bits per heavy atom. The Morgan fingerprint density at radius 3 is 2.41 bits per heavy atom. The number of anilines is 1. The Balaban J connectivity index is 1.40. The van der Waals surface area contributed by atoms with Crippen LogP contribution >= 0.6 is 38.9 Å². The molecule has 1 atom stereocenters. The lowest BCUT2D eigenvalue weighted by Crippen LogP contribution is -2.40. The van der Waals surface area contributed by atoms with Crippen LogP contribution in [0.2, 0.25) is 5.02 Å². The van der Waals surface area contributed by atoms with E-state index in [1.54, 1.807) is 36.8 Å². The highest BCUT2D eigenvalue weighted by Crippen LogP contribution is 2.37.